The van der Waals surface area contributed by atoms with Gasteiger partial charge in [0.1, 0.15) is 5.75 Å². The molecule has 1 aromatic rings. The molecule has 3 N–H and O–H groups in total. The zero-order chi connectivity index (χ0) is 10.7. The largest absolute Gasteiger partial charge is 0.497 e. The number of nitrogens with two attached hydrogens (primary N) is 1. The third kappa shape index (κ3) is 2.55. The fraction of sp³-hybridized carbons (Fsp3) is 0.500. The normalized spacial score (nSPS) is 15.8. The van der Waals surface area contributed by atoms with Crippen molar-refractivity contribution < 1.29 is 4.74 Å². The summed E-state index contributed by atoms with van der Waals surface area (Å²) in [5.41, 5.74) is 7.56. The maximum atomic E-state index is 5.77. The van der Waals surface area contributed by atoms with E-state index >= 15 is 0 Å². The van der Waals surface area contributed by atoms with Gasteiger partial charge in [0, 0.05) is 30.1 Å². The predicted molar refractivity (Wildman–Crippen MR) is 63.2 cm³/mol. The first-order valence-electron chi connectivity index (χ1n) is 5.46. The first-order valence-corrected chi connectivity index (χ1v) is 5.46. The van der Waals surface area contributed by atoms with Crippen LogP contribution < -0.4 is 15.8 Å². The van der Waals surface area contributed by atoms with Crippen LogP contribution in [0.4, 0.5) is 11.4 Å². The van der Waals surface area contributed by atoms with Gasteiger partial charge in [-0.1, -0.05) is 6.42 Å². The summed E-state index contributed by atoms with van der Waals surface area (Å²) < 4.78 is 5.16. The summed E-state index contributed by atoms with van der Waals surface area (Å²) in [4.78, 5) is 0. The molecule has 1 aliphatic rings. The van der Waals surface area contributed by atoms with Crippen molar-refractivity contribution in [3.8, 4) is 5.75 Å². The van der Waals surface area contributed by atoms with E-state index in [0.717, 1.165) is 29.6 Å². The van der Waals surface area contributed by atoms with Crippen molar-refractivity contribution in [1.82, 2.24) is 0 Å². The van der Waals surface area contributed by atoms with Crippen molar-refractivity contribution in [2.75, 3.05) is 24.7 Å². The van der Waals surface area contributed by atoms with E-state index in [1.54, 1.807) is 7.11 Å². The second-order valence-corrected chi connectivity index (χ2v) is 4.17. The molecule has 82 valence electrons. The molecule has 15 heavy (non-hydrogen) atoms. The van der Waals surface area contributed by atoms with E-state index in [1.807, 2.05) is 18.2 Å². The van der Waals surface area contributed by atoms with Crippen molar-refractivity contribution in [2.24, 2.45) is 5.92 Å². The smallest absolute Gasteiger partial charge is 0.122 e. The Kier molecular flexibility index (Phi) is 2.99. The lowest BCUT2D eigenvalue weighted by Crippen LogP contribution is -2.20. The van der Waals surface area contributed by atoms with Gasteiger partial charge in [-0.25, -0.2) is 0 Å². The molecule has 1 fully saturated rings. The first-order chi connectivity index (χ1) is 7.28. The summed E-state index contributed by atoms with van der Waals surface area (Å²) >= 11 is 0. The fourth-order valence-electron chi connectivity index (χ4n) is 1.80. The Hall–Kier alpha value is -1.38. The van der Waals surface area contributed by atoms with Crippen LogP contribution in [-0.4, -0.2) is 13.7 Å². The molecule has 1 saturated carbocycles. The molecule has 0 unspecified atom stereocenters. The highest BCUT2D eigenvalue weighted by atomic mass is 16.5. The molecule has 0 amide bonds. The zero-order valence-corrected chi connectivity index (χ0v) is 9.12. The van der Waals surface area contributed by atoms with Gasteiger partial charge >= 0.3 is 0 Å². The lowest BCUT2D eigenvalue weighted by Gasteiger charge is -2.26. The molecule has 1 aromatic carbocycles. The highest BCUT2D eigenvalue weighted by Crippen LogP contribution is 2.28. The molecule has 3 heteroatoms. The number of methoxy groups -OCH3 is 1. The Balaban J connectivity index is 1.96. The highest BCUT2D eigenvalue weighted by molar-refractivity contribution is 5.59. The van der Waals surface area contributed by atoms with Crippen LogP contribution in [-0.2, 0) is 0 Å². The molecule has 0 saturated heterocycles. The summed E-state index contributed by atoms with van der Waals surface area (Å²) in [6.45, 7) is 1.05. The van der Waals surface area contributed by atoms with Crippen molar-refractivity contribution in [3.05, 3.63) is 18.2 Å². The Morgan fingerprint density at radius 1 is 1.40 bits per heavy atom. The summed E-state index contributed by atoms with van der Waals surface area (Å²) in [5.74, 6) is 1.66. The maximum absolute atomic E-state index is 5.77. The lowest BCUT2D eigenvalue weighted by atomic mass is 9.85. The Bertz CT molecular complexity index is 334. The molecule has 0 aliphatic heterocycles. The van der Waals surface area contributed by atoms with Crippen LogP contribution in [0.15, 0.2) is 18.2 Å². The number of anilines is 2. The highest BCUT2D eigenvalue weighted by Gasteiger charge is 2.16. The molecule has 1 aliphatic carbocycles. The van der Waals surface area contributed by atoms with Crippen LogP contribution in [0.2, 0.25) is 0 Å². The second kappa shape index (κ2) is 4.43. The molecular formula is C12H18N2O. The molecule has 0 aromatic heterocycles. The molecule has 0 bridgehead atoms. The van der Waals surface area contributed by atoms with Gasteiger partial charge < -0.3 is 15.8 Å². The van der Waals surface area contributed by atoms with E-state index in [-0.39, 0.29) is 0 Å². The van der Waals surface area contributed by atoms with Crippen molar-refractivity contribution in [2.45, 2.75) is 19.3 Å². The van der Waals surface area contributed by atoms with E-state index < -0.39 is 0 Å². The number of ether oxygens (including phenoxy) is 1. The summed E-state index contributed by atoms with van der Waals surface area (Å²) in [5, 5.41) is 3.40. The van der Waals surface area contributed by atoms with Crippen LogP contribution >= 0.6 is 0 Å². The molecular weight excluding hydrogens is 188 g/mol. The van der Waals surface area contributed by atoms with Crippen LogP contribution in [0.25, 0.3) is 0 Å². The summed E-state index contributed by atoms with van der Waals surface area (Å²) in [6, 6.07) is 5.75. The Morgan fingerprint density at radius 2 is 2.20 bits per heavy atom. The molecule has 3 nitrogen and oxygen atoms in total. The van der Waals surface area contributed by atoms with Gasteiger partial charge in [-0.15, -0.1) is 0 Å². The van der Waals surface area contributed by atoms with E-state index in [9.17, 15) is 0 Å². The third-order valence-electron chi connectivity index (χ3n) is 2.98. The fourth-order valence-corrected chi connectivity index (χ4v) is 1.80. The number of hydrogen-bond donors (Lipinski definition) is 2. The zero-order valence-electron chi connectivity index (χ0n) is 9.12. The quantitative estimate of drug-likeness (QED) is 0.744. The predicted octanol–water partition coefficient (Wildman–Crippen LogP) is 2.49. The Morgan fingerprint density at radius 3 is 2.80 bits per heavy atom. The molecule has 0 atom stereocenters. The van der Waals surface area contributed by atoms with Gasteiger partial charge in [-0.3, -0.25) is 0 Å². The van der Waals surface area contributed by atoms with Gasteiger partial charge in [0.25, 0.3) is 0 Å². The number of rotatable bonds is 4. The third-order valence-corrected chi connectivity index (χ3v) is 2.98. The van der Waals surface area contributed by atoms with Crippen LogP contribution in [0.1, 0.15) is 19.3 Å². The minimum absolute atomic E-state index is 0.741. The number of hydrogen-bond acceptors (Lipinski definition) is 3. The van der Waals surface area contributed by atoms with Crippen molar-refractivity contribution >= 4 is 11.4 Å². The van der Waals surface area contributed by atoms with E-state index in [0.29, 0.717) is 0 Å². The van der Waals surface area contributed by atoms with E-state index in [1.165, 1.54) is 19.3 Å². The lowest BCUT2D eigenvalue weighted by molar-refractivity contribution is 0.333. The first kappa shape index (κ1) is 10.1. The van der Waals surface area contributed by atoms with Gasteiger partial charge in [0.05, 0.1) is 7.11 Å². The molecule has 0 heterocycles. The van der Waals surface area contributed by atoms with Crippen LogP contribution in [0.5, 0.6) is 5.75 Å². The minimum atomic E-state index is 0.741. The monoisotopic (exact) mass is 206 g/mol. The summed E-state index contributed by atoms with van der Waals surface area (Å²) in [6.07, 6.45) is 4.09. The Labute approximate surface area is 90.6 Å². The average Bonchev–Trinajstić information content (AvgIpc) is 2.14. The van der Waals surface area contributed by atoms with Crippen molar-refractivity contribution in [3.63, 3.8) is 0 Å². The topological polar surface area (TPSA) is 47.3 Å². The van der Waals surface area contributed by atoms with Crippen LogP contribution in [0, 0.1) is 5.92 Å². The van der Waals surface area contributed by atoms with Crippen molar-refractivity contribution in [1.29, 1.82) is 0 Å². The SMILES string of the molecule is COc1cc(N)cc(NCC2CCC2)c1. The molecule has 0 radical (unpaired) electrons. The van der Waals surface area contributed by atoms with E-state index in [4.69, 9.17) is 10.5 Å². The van der Waals surface area contributed by atoms with Gasteiger partial charge in [0.15, 0.2) is 0 Å². The van der Waals surface area contributed by atoms with Gasteiger partial charge in [-0.2, -0.15) is 0 Å². The van der Waals surface area contributed by atoms with Gasteiger partial charge in [-0.05, 0) is 24.8 Å². The standard InChI is InChI=1S/C12H18N2O/c1-15-12-6-10(13)5-11(7-12)14-8-9-3-2-4-9/h5-7,9,14H,2-4,8,13H2,1H3. The van der Waals surface area contributed by atoms with E-state index in [2.05, 4.69) is 5.32 Å². The minimum Gasteiger partial charge on any atom is -0.497 e. The number of nitrogens with one attached hydrogen (secondary N) is 1. The maximum Gasteiger partial charge on any atom is 0.122 e. The molecule has 0 spiro atoms. The second-order valence-electron chi connectivity index (χ2n) is 4.17. The number of benzene rings is 1. The summed E-state index contributed by atoms with van der Waals surface area (Å²) in [7, 11) is 1.66. The van der Waals surface area contributed by atoms with Crippen LogP contribution in [0.3, 0.4) is 0 Å². The van der Waals surface area contributed by atoms with Gasteiger partial charge in [0.2, 0.25) is 0 Å². The average molecular weight is 206 g/mol. The number of nitrogen functional groups attached to an aromatic ring is 1. The molecule has 2 rings (SSSR count).